The van der Waals surface area contributed by atoms with E-state index in [2.05, 4.69) is 15.6 Å². The molecule has 150 valence electrons. The van der Waals surface area contributed by atoms with Gasteiger partial charge in [-0.15, -0.1) is 0 Å². The van der Waals surface area contributed by atoms with Crippen molar-refractivity contribution < 1.29 is 27.1 Å². The van der Waals surface area contributed by atoms with Crippen LogP contribution in [0, 0.1) is 11.7 Å². The Bertz CT molecular complexity index is 870. The molecule has 0 bridgehead atoms. The number of nitrogens with one attached hydrogen (secondary N) is 2. The minimum absolute atomic E-state index is 0.0821. The van der Waals surface area contributed by atoms with Gasteiger partial charge in [-0.05, 0) is 30.7 Å². The smallest absolute Gasteiger partial charge is 0.381 e. The molecule has 1 amide bonds. The highest BCUT2D eigenvalue weighted by atomic mass is 35.5. The summed E-state index contributed by atoms with van der Waals surface area (Å²) in [6.07, 6.45) is -2.79. The lowest BCUT2D eigenvalue weighted by Gasteiger charge is -2.15. The predicted octanol–water partition coefficient (Wildman–Crippen LogP) is 4.29. The number of carbonyl (C=O) groups excluding carboxylic acids is 1. The van der Waals surface area contributed by atoms with E-state index in [9.17, 15) is 22.4 Å². The van der Waals surface area contributed by atoms with Gasteiger partial charge in [0.1, 0.15) is 5.82 Å². The second kappa shape index (κ2) is 8.32. The summed E-state index contributed by atoms with van der Waals surface area (Å²) in [6, 6.07) is 3.71. The maximum absolute atomic E-state index is 13.2. The summed E-state index contributed by atoms with van der Waals surface area (Å²) in [5.41, 5.74) is -0.899. The molecule has 0 aliphatic carbocycles. The number of ether oxygens (including phenoxy) is 1. The van der Waals surface area contributed by atoms with E-state index in [-0.39, 0.29) is 34.8 Å². The maximum Gasteiger partial charge on any atom is 0.418 e. The van der Waals surface area contributed by atoms with E-state index < -0.39 is 17.6 Å². The van der Waals surface area contributed by atoms with Crippen molar-refractivity contribution in [1.29, 1.82) is 0 Å². The molecular weight excluding hydrogens is 402 g/mol. The quantitative estimate of drug-likeness (QED) is 0.712. The standard InChI is InChI=1S/C18H16ClF4N3O2/c19-14-6-12(26-15-2-1-11(20)5-13(15)18(21,22)23)7-24-16(14)8-25-17(27)10-3-4-28-9-10/h1-2,5-7,10,26H,3-4,8-9H2,(H,25,27). The third kappa shape index (κ3) is 4.90. The molecule has 1 fully saturated rings. The van der Waals surface area contributed by atoms with Crippen LogP contribution in [-0.4, -0.2) is 24.1 Å². The van der Waals surface area contributed by atoms with E-state index in [1.54, 1.807) is 0 Å². The van der Waals surface area contributed by atoms with Gasteiger partial charge in [-0.25, -0.2) is 4.39 Å². The molecule has 1 aromatic carbocycles. The summed E-state index contributed by atoms with van der Waals surface area (Å²) in [6.45, 7) is 0.995. The number of carbonyl (C=O) groups is 1. The number of nitrogens with zero attached hydrogens (tertiary/aromatic N) is 1. The Balaban J connectivity index is 1.70. The summed E-state index contributed by atoms with van der Waals surface area (Å²) in [5.74, 6) is -1.37. The number of halogens is 5. The zero-order valence-electron chi connectivity index (χ0n) is 14.4. The van der Waals surface area contributed by atoms with Crippen molar-refractivity contribution in [3.05, 3.63) is 52.6 Å². The summed E-state index contributed by atoms with van der Waals surface area (Å²) in [5, 5.41) is 5.43. The highest BCUT2D eigenvalue weighted by Gasteiger charge is 2.34. The number of hydrogen-bond donors (Lipinski definition) is 2. The van der Waals surface area contributed by atoms with Gasteiger partial charge < -0.3 is 15.4 Å². The minimum atomic E-state index is -4.73. The fourth-order valence-electron chi connectivity index (χ4n) is 2.74. The molecule has 0 saturated carbocycles. The molecule has 2 heterocycles. The Hall–Kier alpha value is -2.39. The summed E-state index contributed by atoms with van der Waals surface area (Å²) in [4.78, 5) is 16.1. The summed E-state index contributed by atoms with van der Waals surface area (Å²) >= 11 is 6.13. The van der Waals surface area contributed by atoms with Crippen LogP contribution in [-0.2, 0) is 22.3 Å². The lowest BCUT2D eigenvalue weighted by molar-refractivity contribution is -0.137. The van der Waals surface area contributed by atoms with E-state index in [0.717, 1.165) is 12.1 Å². The van der Waals surface area contributed by atoms with Crippen LogP contribution < -0.4 is 10.6 Å². The third-order valence-corrected chi connectivity index (χ3v) is 4.54. The zero-order valence-corrected chi connectivity index (χ0v) is 15.2. The molecule has 3 rings (SSSR count). The molecule has 1 atom stereocenters. The SMILES string of the molecule is O=C(NCc1ncc(Nc2ccc(F)cc2C(F)(F)F)cc1Cl)C1CCOC1. The number of aromatic nitrogens is 1. The van der Waals surface area contributed by atoms with Crippen molar-refractivity contribution in [1.82, 2.24) is 10.3 Å². The Morgan fingerprint density at radius 2 is 2.11 bits per heavy atom. The van der Waals surface area contributed by atoms with E-state index in [4.69, 9.17) is 16.3 Å². The molecule has 2 N–H and O–H groups in total. The van der Waals surface area contributed by atoms with Gasteiger partial charge in [0, 0.05) is 6.61 Å². The summed E-state index contributed by atoms with van der Waals surface area (Å²) < 4.78 is 57.6. The maximum atomic E-state index is 13.2. The van der Waals surface area contributed by atoms with Crippen molar-refractivity contribution >= 4 is 28.9 Å². The number of anilines is 2. The molecule has 28 heavy (non-hydrogen) atoms. The van der Waals surface area contributed by atoms with Gasteiger partial charge in [0.05, 0.1) is 52.9 Å². The normalized spacial score (nSPS) is 16.8. The van der Waals surface area contributed by atoms with Gasteiger partial charge in [0.25, 0.3) is 0 Å². The van der Waals surface area contributed by atoms with Crippen LogP contribution >= 0.6 is 11.6 Å². The Labute approximate surface area is 163 Å². The molecule has 1 aliphatic rings. The second-order valence-corrected chi connectivity index (χ2v) is 6.65. The van der Waals surface area contributed by atoms with Gasteiger partial charge in [-0.3, -0.25) is 9.78 Å². The Morgan fingerprint density at radius 1 is 1.32 bits per heavy atom. The largest absolute Gasteiger partial charge is 0.418 e. The first kappa shape index (κ1) is 20.3. The molecule has 1 unspecified atom stereocenters. The molecule has 0 spiro atoms. The minimum Gasteiger partial charge on any atom is -0.381 e. The molecule has 1 aliphatic heterocycles. The number of hydrogen-bond acceptors (Lipinski definition) is 4. The van der Waals surface area contributed by atoms with Crippen molar-refractivity contribution in [2.24, 2.45) is 5.92 Å². The third-order valence-electron chi connectivity index (χ3n) is 4.21. The van der Waals surface area contributed by atoms with Crippen LogP contribution in [0.2, 0.25) is 5.02 Å². The first-order valence-electron chi connectivity index (χ1n) is 8.37. The van der Waals surface area contributed by atoms with E-state index >= 15 is 0 Å². The number of pyridine rings is 1. The molecule has 2 aromatic rings. The summed E-state index contributed by atoms with van der Waals surface area (Å²) in [7, 11) is 0. The predicted molar refractivity (Wildman–Crippen MR) is 94.7 cm³/mol. The molecule has 5 nitrogen and oxygen atoms in total. The second-order valence-electron chi connectivity index (χ2n) is 6.24. The van der Waals surface area contributed by atoms with Crippen LogP contribution in [0.5, 0.6) is 0 Å². The van der Waals surface area contributed by atoms with Crippen LogP contribution in [0.4, 0.5) is 28.9 Å². The highest BCUT2D eigenvalue weighted by molar-refractivity contribution is 6.31. The Morgan fingerprint density at radius 3 is 2.75 bits per heavy atom. The van der Waals surface area contributed by atoms with Crippen LogP contribution in [0.3, 0.4) is 0 Å². The van der Waals surface area contributed by atoms with Gasteiger partial charge in [0.15, 0.2) is 0 Å². The molecule has 1 saturated heterocycles. The fourth-order valence-corrected chi connectivity index (χ4v) is 2.97. The van der Waals surface area contributed by atoms with Crippen LogP contribution in [0.15, 0.2) is 30.5 Å². The average Bonchev–Trinajstić information content (AvgIpc) is 3.16. The van der Waals surface area contributed by atoms with Crippen LogP contribution in [0.1, 0.15) is 17.7 Å². The van der Waals surface area contributed by atoms with Gasteiger partial charge in [0.2, 0.25) is 5.91 Å². The monoisotopic (exact) mass is 417 g/mol. The zero-order chi connectivity index (χ0) is 20.3. The molecule has 10 heteroatoms. The van der Waals surface area contributed by atoms with Crippen molar-refractivity contribution in [2.75, 3.05) is 18.5 Å². The highest BCUT2D eigenvalue weighted by Crippen LogP contribution is 2.36. The number of amides is 1. The van der Waals surface area contributed by atoms with Crippen molar-refractivity contribution in [2.45, 2.75) is 19.1 Å². The lowest BCUT2D eigenvalue weighted by Crippen LogP contribution is -2.30. The van der Waals surface area contributed by atoms with Gasteiger partial charge in [-0.1, -0.05) is 11.6 Å². The molecular formula is C18H16ClF4N3O2. The first-order valence-corrected chi connectivity index (χ1v) is 8.75. The topological polar surface area (TPSA) is 63.2 Å². The molecule has 1 aromatic heterocycles. The van der Waals surface area contributed by atoms with E-state index in [0.29, 0.717) is 31.4 Å². The van der Waals surface area contributed by atoms with E-state index in [1.165, 1.54) is 12.3 Å². The van der Waals surface area contributed by atoms with Gasteiger partial charge >= 0.3 is 6.18 Å². The average molecular weight is 418 g/mol. The fraction of sp³-hybridized carbons (Fsp3) is 0.333. The van der Waals surface area contributed by atoms with Crippen molar-refractivity contribution in [3.63, 3.8) is 0 Å². The number of alkyl halides is 3. The molecule has 0 radical (unpaired) electrons. The Kier molecular flexibility index (Phi) is 6.04. The number of rotatable bonds is 5. The lowest BCUT2D eigenvalue weighted by atomic mass is 10.1. The van der Waals surface area contributed by atoms with E-state index in [1.807, 2.05) is 0 Å². The van der Waals surface area contributed by atoms with Crippen molar-refractivity contribution in [3.8, 4) is 0 Å². The van der Waals surface area contributed by atoms with Gasteiger partial charge in [-0.2, -0.15) is 13.2 Å². The number of benzene rings is 1. The first-order chi connectivity index (χ1) is 13.2. The van der Waals surface area contributed by atoms with Crippen LogP contribution in [0.25, 0.3) is 0 Å².